The molecule has 1 aliphatic rings. The van der Waals surface area contributed by atoms with Crippen molar-refractivity contribution in [2.45, 2.75) is 32.8 Å². The largest absolute Gasteiger partial charge is 0.444 e. The molecule has 0 aromatic heterocycles. The fourth-order valence-corrected chi connectivity index (χ4v) is 1.66. The first kappa shape index (κ1) is 14.3. The van der Waals surface area contributed by atoms with Crippen LogP contribution in [-0.2, 0) is 4.74 Å². The van der Waals surface area contributed by atoms with Crippen LogP contribution in [0.25, 0.3) is 0 Å². The minimum Gasteiger partial charge on any atom is -0.444 e. The molecule has 0 aromatic rings. The van der Waals surface area contributed by atoms with E-state index in [2.05, 4.69) is 10.6 Å². The van der Waals surface area contributed by atoms with Crippen LogP contribution in [0.15, 0.2) is 0 Å². The van der Waals surface area contributed by atoms with E-state index in [1.165, 1.54) is 0 Å². The highest BCUT2D eigenvalue weighted by atomic mass is 16.6. The van der Waals surface area contributed by atoms with Crippen LogP contribution in [-0.4, -0.2) is 55.9 Å². The maximum atomic E-state index is 11.9. The molecule has 1 aliphatic heterocycles. The lowest BCUT2D eigenvalue weighted by molar-refractivity contribution is 0.0248. The Kier molecular flexibility index (Phi) is 5.71. The van der Waals surface area contributed by atoms with E-state index in [0.717, 1.165) is 45.7 Å². The lowest BCUT2D eigenvalue weighted by atomic mass is 10.2. The maximum Gasteiger partial charge on any atom is 0.410 e. The molecule has 5 heteroatoms. The summed E-state index contributed by atoms with van der Waals surface area (Å²) >= 11 is 0. The summed E-state index contributed by atoms with van der Waals surface area (Å²) < 4.78 is 5.38. The molecule has 0 aromatic carbocycles. The van der Waals surface area contributed by atoms with E-state index in [4.69, 9.17) is 4.74 Å². The molecule has 5 nitrogen and oxygen atoms in total. The normalized spacial score (nSPS) is 19.8. The van der Waals surface area contributed by atoms with Gasteiger partial charge in [0.05, 0.1) is 0 Å². The van der Waals surface area contributed by atoms with Crippen LogP contribution < -0.4 is 10.6 Å². The number of carbonyl (C=O) groups is 1. The molecule has 17 heavy (non-hydrogen) atoms. The summed E-state index contributed by atoms with van der Waals surface area (Å²) in [5, 5.41) is 6.61. The second-order valence-electron chi connectivity index (χ2n) is 5.32. The van der Waals surface area contributed by atoms with Crippen molar-refractivity contribution in [2.24, 2.45) is 0 Å². The van der Waals surface area contributed by atoms with Crippen molar-refractivity contribution in [2.75, 3.05) is 39.3 Å². The maximum absolute atomic E-state index is 11.9. The van der Waals surface area contributed by atoms with Crippen LogP contribution >= 0.6 is 0 Å². The zero-order valence-electron chi connectivity index (χ0n) is 11.2. The number of rotatable bonds is 0. The van der Waals surface area contributed by atoms with Crippen LogP contribution in [0.3, 0.4) is 0 Å². The van der Waals surface area contributed by atoms with E-state index in [1.54, 1.807) is 4.90 Å². The van der Waals surface area contributed by atoms with Gasteiger partial charge < -0.3 is 20.3 Å². The highest BCUT2D eigenvalue weighted by Crippen LogP contribution is 2.10. The van der Waals surface area contributed by atoms with E-state index >= 15 is 0 Å². The summed E-state index contributed by atoms with van der Waals surface area (Å²) in [6.07, 6.45) is 0.763. The van der Waals surface area contributed by atoms with E-state index in [1.807, 2.05) is 20.8 Å². The predicted molar refractivity (Wildman–Crippen MR) is 68.2 cm³/mol. The van der Waals surface area contributed by atoms with Crippen molar-refractivity contribution < 1.29 is 9.53 Å². The molecule has 0 spiro atoms. The molecule has 2 N–H and O–H groups in total. The number of hydrogen-bond donors (Lipinski definition) is 2. The summed E-state index contributed by atoms with van der Waals surface area (Å²) in [7, 11) is 0. The SMILES string of the molecule is CC(C)(C)OC(=O)N1CCCNCCNCC1. The zero-order valence-corrected chi connectivity index (χ0v) is 11.2. The summed E-state index contributed by atoms with van der Waals surface area (Å²) in [6.45, 7) is 10.9. The fraction of sp³-hybridized carbons (Fsp3) is 0.917. The first-order valence-corrected chi connectivity index (χ1v) is 6.38. The topological polar surface area (TPSA) is 53.6 Å². The lowest BCUT2D eigenvalue weighted by Gasteiger charge is -2.28. The van der Waals surface area contributed by atoms with Gasteiger partial charge >= 0.3 is 6.09 Å². The molecule has 1 rings (SSSR count). The molecule has 100 valence electrons. The van der Waals surface area contributed by atoms with Crippen LogP contribution in [0.1, 0.15) is 27.2 Å². The fourth-order valence-electron chi connectivity index (χ4n) is 1.66. The van der Waals surface area contributed by atoms with Crippen molar-refractivity contribution in [3.05, 3.63) is 0 Å². The summed E-state index contributed by atoms with van der Waals surface area (Å²) in [6, 6.07) is 0. The Balaban J connectivity index is 2.43. The van der Waals surface area contributed by atoms with Gasteiger partial charge in [-0.25, -0.2) is 4.79 Å². The third-order valence-corrected chi connectivity index (χ3v) is 2.47. The van der Waals surface area contributed by atoms with E-state index in [0.29, 0.717) is 0 Å². The Morgan fingerprint density at radius 2 is 1.71 bits per heavy atom. The molecule has 1 amide bonds. The van der Waals surface area contributed by atoms with Gasteiger partial charge in [0.2, 0.25) is 0 Å². The van der Waals surface area contributed by atoms with Crippen LogP contribution in [0.5, 0.6) is 0 Å². The number of amides is 1. The summed E-state index contributed by atoms with van der Waals surface area (Å²) in [5.74, 6) is 0. The molecule has 0 bridgehead atoms. The summed E-state index contributed by atoms with van der Waals surface area (Å²) in [5.41, 5.74) is -0.419. The monoisotopic (exact) mass is 243 g/mol. The molecule has 1 saturated heterocycles. The van der Waals surface area contributed by atoms with Crippen molar-refractivity contribution in [3.8, 4) is 0 Å². The molecule has 0 aliphatic carbocycles. The average molecular weight is 243 g/mol. The second-order valence-corrected chi connectivity index (χ2v) is 5.32. The van der Waals surface area contributed by atoms with Gasteiger partial charge in [0.15, 0.2) is 0 Å². The second kappa shape index (κ2) is 6.81. The average Bonchev–Trinajstić information content (AvgIpc) is 2.23. The van der Waals surface area contributed by atoms with Crippen molar-refractivity contribution >= 4 is 6.09 Å². The van der Waals surface area contributed by atoms with Gasteiger partial charge in [-0.3, -0.25) is 0 Å². The first-order valence-electron chi connectivity index (χ1n) is 6.38. The van der Waals surface area contributed by atoms with Crippen molar-refractivity contribution in [3.63, 3.8) is 0 Å². The Labute approximate surface area is 104 Å². The lowest BCUT2D eigenvalue weighted by Crippen LogP contribution is -2.43. The van der Waals surface area contributed by atoms with Gasteiger partial charge in [0.25, 0.3) is 0 Å². The van der Waals surface area contributed by atoms with Crippen LogP contribution in [0.2, 0.25) is 0 Å². The molecular formula is C12H25N3O2. The van der Waals surface area contributed by atoms with Gasteiger partial charge in [0, 0.05) is 32.7 Å². The van der Waals surface area contributed by atoms with Gasteiger partial charge in [-0.2, -0.15) is 0 Å². The van der Waals surface area contributed by atoms with Gasteiger partial charge in [-0.1, -0.05) is 0 Å². The zero-order chi connectivity index (χ0) is 12.7. The minimum absolute atomic E-state index is 0.208. The number of nitrogens with one attached hydrogen (secondary N) is 2. The highest BCUT2D eigenvalue weighted by molar-refractivity contribution is 5.68. The predicted octanol–water partition coefficient (Wildman–Crippen LogP) is 0.806. The van der Waals surface area contributed by atoms with E-state index in [9.17, 15) is 4.79 Å². The van der Waals surface area contributed by atoms with E-state index < -0.39 is 5.60 Å². The Morgan fingerprint density at radius 1 is 1.06 bits per heavy atom. The molecule has 1 heterocycles. The van der Waals surface area contributed by atoms with E-state index in [-0.39, 0.29) is 6.09 Å². The number of hydrogen-bond acceptors (Lipinski definition) is 4. The Hall–Kier alpha value is -0.810. The smallest absolute Gasteiger partial charge is 0.410 e. The highest BCUT2D eigenvalue weighted by Gasteiger charge is 2.21. The molecule has 0 saturated carbocycles. The first-order chi connectivity index (χ1) is 7.99. The Morgan fingerprint density at radius 3 is 2.35 bits per heavy atom. The number of ether oxygens (including phenoxy) is 1. The molecular weight excluding hydrogens is 218 g/mol. The van der Waals surface area contributed by atoms with Crippen molar-refractivity contribution in [1.29, 1.82) is 0 Å². The minimum atomic E-state index is -0.419. The van der Waals surface area contributed by atoms with Gasteiger partial charge in [0.1, 0.15) is 5.60 Å². The number of nitrogens with zero attached hydrogens (tertiary/aromatic N) is 1. The molecule has 0 atom stereocenters. The molecule has 1 fully saturated rings. The summed E-state index contributed by atoms with van der Waals surface area (Å²) in [4.78, 5) is 13.7. The van der Waals surface area contributed by atoms with Crippen LogP contribution in [0.4, 0.5) is 4.79 Å². The quantitative estimate of drug-likeness (QED) is 0.661. The molecule has 0 unspecified atom stereocenters. The number of carbonyl (C=O) groups excluding carboxylic acids is 1. The van der Waals surface area contributed by atoms with Crippen molar-refractivity contribution in [1.82, 2.24) is 15.5 Å². The third-order valence-electron chi connectivity index (χ3n) is 2.47. The van der Waals surface area contributed by atoms with Crippen LogP contribution in [0, 0.1) is 0 Å². The van der Waals surface area contributed by atoms with Gasteiger partial charge in [-0.05, 0) is 33.7 Å². The standard InChI is InChI=1S/C12H25N3O2/c1-12(2,3)17-11(16)15-9-4-5-13-6-7-14-8-10-15/h13-14H,4-10H2,1-3H3. The third kappa shape index (κ3) is 6.48. The molecule has 0 radical (unpaired) electrons. The van der Waals surface area contributed by atoms with Gasteiger partial charge in [-0.15, -0.1) is 0 Å². The Bertz CT molecular complexity index is 228.